The number of Topliss-reactive ketones (excluding diaryl/α,β-unsaturated/α-hetero) is 1. The summed E-state index contributed by atoms with van der Waals surface area (Å²) < 4.78 is 5.66. The lowest BCUT2D eigenvalue weighted by molar-refractivity contribution is -0.173. The Labute approximate surface area is 185 Å². The molecule has 0 saturated heterocycles. The van der Waals surface area contributed by atoms with E-state index in [1.165, 1.54) is 38.5 Å². The zero-order valence-corrected chi connectivity index (χ0v) is 20.3. The first-order valence-corrected chi connectivity index (χ1v) is 13.3. The first kappa shape index (κ1) is 22.3. The number of alkyl halides is 1. The first-order valence-electron chi connectivity index (χ1n) is 12.2. The standard InChI is InChI=1S/C25H41BrO3/c1-4-25-13-12-24(28,16-29-5-2)14-17(25)6-7-18-19-8-9-21(22(27)15-26)23(19,3)11-10-20(18)25/h17-21,28H,4-16H2,1-3H3/t17-,18-,19-,20-,21+,23-,24+,25-/m0/s1. The molecule has 29 heavy (non-hydrogen) atoms. The molecule has 8 atom stereocenters. The van der Waals surface area contributed by atoms with E-state index < -0.39 is 5.60 Å². The molecule has 0 aromatic carbocycles. The Morgan fingerprint density at radius 1 is 1.07 bits per heavy atom. The molecule has 0 spiro atoms. The molecular formula is C25H41BrO3. The van der Waals surface area contributed by atoms with Crippen molar-refractivity contribution in [3.05, 3.63) is 0 Å². The number of halogens is 1. The molecule has 4 heteroatoms. The van der Waals surface area contributed by atoms with Gasteiger partial charge < -0.3 is 9.84 Å². The van der Waals surface area contributed by atoms with Crippen molar-refractivity contribution in [1.82, 2.24) is 0 Å². The van der Waals surface area contributed by atoms with Crippen LogP contribution in [0.15, 0.2) is 0 Å². The van der Waals surface area contributed by atoms with Gasteiger partial charge in [-0.1, -0.05) is 29.8 Å². The molecule has 0 radical (unpaired) electrons. The van der Waals surface area contributed by atoms with E-state index in [2.05, 4.69) is 29.8 Å². The van der Waals surface area contributed by atoms with Crippen LogP contribution in [0, 0.1) is 40.4 Å². The SMILES string of the molecule is CCOC[C@@]1(O)CC[C@@]2(CC)[C@@H](CC[C@H]3[C@@H]4CC[C@H](C(=O)CBr)[C@@]4(C)CC[C@@H]32)C1. The van der Waals surface area contributed by atoms with Crippen molar-refractivity contribution >= 4 is 21.7 Å². The highest BCUT2D eigenvalue weighted by Crippen LogP contribution is 2.69. The highest BCUT2D eigenvalue weighted by Gasteiger charge is 2.62. The van der Waals surface area contributed by atoms with E-state index in [0.29, 0.717) is 35.7 Å². The zero-order chi connectivity index (χ0) is 20.9. The normalized spacial score (nSPS) is 49.2. The Balaban J connectivity index is 1.56. The highest BCUT2D eigenvalue weighted by atomic mass is 79.9. The molecule has 4 fully saturated rings. The molecule has 4 saturated carbocycles. The lowest BCUT2D eigenvalue weighted by atomic mass is 9.42. The molecule has 0 unspecified atom stereocenters. The number of fused-ring (bicyclic) bond motifs is 5. The molecule has 0 heterocycles. The summed E-state index contributed by atoms with van der Waals surface area (Å²) in [5.74, 6) is 3.65. The summed E-state index contributed by atoms with van der Waals surface area (Å²) in [6.07, 6.45) is 11.7. The summed E-state index contributed by atoms with van der Waals surface area (Å²) in [5, 5.41) is 11.7. The number of carbonyl (C=O) groups excluding carboxylic acids is 1. The van der Waals surface area contributed by atoms with Crippen LogP contribution in [0.4, 0.5) is 0 Å². The van der Waals surface area contributed by atoms with Gasteiger partial charge in [0, 0.05) is 12.5 Å². The second-order valence-electron chi connectivity index (χ2n) is 11.1. The molecule has 0 aromatic rings. The van der Waals surface area contributed by atoms with Gasteiger partial charge in [0.15, 0.2) is 0 Å². The van der Waals surface area contributed by atoms with Gasteiger partial charge in [0.05, 0.1) is 17.5 Å². The van der Waals surface area contributed by atoms with E-state index in [4.69, 9.17) is 4.74 Å². The Hall–Kier alpha value is 0.0700. The molecule has 4 aliphatic carbocycles. The van der Waals surface area contributed by atoms with E-state index >= 15 is 0 Å². The van der Waals surface area contributed by atoms with Gasteiger partial charge in [-0.05, 0) is 106 Å². The fourth-order valence-corrected chi connectivity index (χ4v) is 9.27. The molecule has 0 bridgehead atoms. The molecule has 166 valence electrons. The Morgan fingerprint density at radius 3 is 2.55 bits per heavy atom. The fourth-order valence-electron chi connectivity index (χ4n) is 8.88. The van der Waals surface area contributed by atoms with Crippen molar-refractivity contribution in [2.24, 2.45) is 40.4 Å². The zero-order valence-electron chi connectivity index (χ0n) is 18.7. The molecule has 4 aliphatic rings. The average Bonchev–Trinajstić information content (AvgIpc) is 3.08. The largest absolute Gasteiger partial charge is 0.387 e. The summed E-state index contributed by atoms with van der Waals surface area (Å²) >= 11 is 3.44. The number of carbonyl (C=O) groups is 1. The molecule has 4 rings (SSSR count). The van der Waals surface area contributed by atoms with Gasteiger partial charge in [-0.2, -0.15) is 0 Å². The van der Waals surface area contributed by atoms with Gasteiger partial charge in [0.1, 0.15) is 5.78 Å². The summed E-state index contributed by atoms with van der Waals surface area (Å²) in [6.45, 7) is 8.05. The van der Waals surface area contributed by atoms with Gasteiger partial charge in [-0.15, -0.1) is 0 Å². The molecule has 0 aliphatic heterocycles. The molecule has 1 N–H and O–H groups in total. The second-order valence-corrected chi connectivity index (χ2v) is 11.6. The van der Waals surface area contributed by atoms with Crippen molar-refractivity contribution in [1.29, 1.82) is 0 Å². The van der Waals surface area contributed by atoms with Crippen LogP contribution in [0.25, 0.3) is 0 Å². The number of ether oxygens (including phenoxy) is 1. The Morgan fingerprint density at radius 2 is 1.86 bits per heavy atom. The van der Waals surface area contributed by atoms with E-state index in [0.717, 1.165) is 43.4 Å². The van der Waals surface area contributed by atoms with Gasteiger partial charge in [-0.3, -0.25) is 4.79 Å². The minimum Gasteiger partial charge on any atom is -0.387 e. The second kappa shape index (κ2) is 8.20. The Kier molecular flexibility index (Phi) is 6.30. The third-order valence-corrected chi connectivity index (χ3v) is 10.8. The smallest absolute Gasteiger partial charge is 0.147 e. The summed E-state index contributed by atoms with van der Waals surface area (Å²) in [4.78, 5) is 12.7. The fraction of sp³-hybridized carbons (Fsp3) is 0.960. The van der Waals surface area contributed by atoms with Crippen LogP contribution in [-0.4, -0.2) is 35.0 Å². The van der Waals surface area contributed by atoms with Crippen LogP contribution >= 0.6 is 15.9 Å². The minimum atomic E-state index is -0.615. The monoisotopic (exact) mass is 468 g/mol. The number of hydrogen-bond acceptors (Lipinski definition) is 3. The molecule has 0 amide bonds. The quantitative estimate of drug-likeness (QED) is 0.503. The van der Waals surface area contributed by atoms with Crippen molar-refractivity contribution in [2.45, 2.75) is 90.6 Å². The van der Waals surface area contributed by atoms with Crippen LogP contribution in [0.5, 0.6) is 0 Å². The number of ketones is 1. The predicted octanol–water partition coefficient (Wildman–Crippen LogP) is 5.77. The van der Waals surface area contributed by atoms with Crippen molar-refractivity contribution in [2.75, 3.05) is 18.5 Å². The maximum Gasteiger partial charge on any atom is 0.147 e. The topological polar surface area (TPSA) is 46.5 Å². The molecule has 3 nitrogen and oxygen atoms in total. The number of hydrogen-bond donors (Lipinski definition) is 1. The average molecular weight is 470 g/mol. The highest BCUT2D eigenvalue weighted by molar-refractivity contribution is 9.09. The van der Waals surface area contributed by atoms with Gasteiger partial charge in [0.2, 0.25) is 0 Å². The predicted molar refractivity (Wildman–Crippen MR) is 120 cm³/mol. The van der Waals surface area contributed by atoms with Crippen LogP contribution in [0.3, 0.4) is 0 Å². The minimum absolute atomic E-state index is 0.220. The van der Waals surface area contributed by atoms with Crippen molar-refractivity contribution in [3.63, 3.8) is 0 Å². The first-order chi connectivity index (χ1) is 13.8. The summed E-state index contributed by atoms with van der Waals surface area (Å²) in [5.41, 5.74) is 0.00841. The van der Waals surface area contributed by atoms with Crippen molar-refractivity contribution in [3.8, 4) is 0 Å². The van der Waals surface area contributed by atoms with Crippen molar-refractivity contribution < 1.29 is 14.6 Å². The molecule has 0 aromatic heterocycles. The van der Waals surface area contributed by atoms with E-state index in [9.17, 15) is 9.90 Å². The van der Waals surface area contributed by atoms with Gasteiger partial charge in [0.25, 0.3) is 0 Å². The van der Waals surface area contributed by atoms with Crippen LogP contribution in [-0.2, 0) is 9.53 Å². The van der Waals surface area contributed by atoms with E-state index in [1.807, 2.05) is 6.92 Å². The van der Waals surface area contributed by atoms with Gasteiger partial charge >= 0.3 is 0 Å². The number of aliphatic hydroxyl groups is 1. The maximum absolute atomic E-state index is 12.7. The van der Waals surface area contributed by atoms with Crippen LogP contribution < -0.4 is 0 Å². The third-order valence-electron chi connectivity index (χ3n) is 10.3. The summed E-state index contributed by atoms with van der Waals surface area (Å²) in [6, 6.07) is 0. The van der Waals surface area contributed by atoms with E-state index in [1.54, 1.807) is 0 Å². The van der Waals surface area contributed by atoms with Gasteiger partial charge in [-0.25, -0.2) is 0 Å². The Bertz CT molecular complexity index is 623. The van der Waals surface area contributed by atoms with Crippen LogP contribution in [0.2, 0.25) is 0 Å². The lowest BCUT2D eigenvalue weighted by Gasteiger charge is -2.63. The number of rotatable bonds is 6. The van der Waals surface area contributed by atoms with E-state index in [-0.39, 0.29) is 11.3 Å². The maximum atomic E-state index is 12.7. The third kappa shape index (κ3) is 3.48. The molecular weight excluding hydrogens is 428 g/mol. The van der Waals surface area contributed by atoms with Crippen LogP contribution in [0.1, 0.15) is 85.0 Å². The summed E-state index contributed by atoms with van der Waals surface area (Å²) in [7, 11) is 0. The lowest BCUT2D eigenvalue weighted by Crippen LogP contribution is -2.57.